The first kappa shape index (κ1) is 22.9. The minimum atomic E-state index is -4.75. The number of halogens is 4. The Balaban J connectivity index is 1.52. The normalized spacial score (nSPS) is 14.8. The standard InChI is InChI=1S/C22H18BrF3N4O3/c1-29-17-6-7-18(23)28-19(17)20(16(12-27)21(29)31)30-10-8-14(9-11-30)32-13-2-4-15(5-3-13)33-22(24,25)26/h2-7,14H,8-11H2,1H3. The molecule has 0 aliphatic carbocycles. The van der Waals surface area contributed by atoms with Crippen molar-refractivity contribution in [3.05, 3.63) is 56.9 Å². The smallest absolute Gasteiger partial charge is 0.490 e. The number of anilines is 1. The zero-order valence-electron chi connectivity index (χ0n) is 17.4. The van der Waals surface area contributed by atoms with Crippen molar-refractivity contribution in [3.8, 4) is 17.6 Å². The van der Waals surface area contributed by atoms with Crippen LogP contribution in [0.5, 0.6) is 11.5 Å². The molecule has 3 aromatic rings. The number of benzene rings is 1. The van der Waals surface area contributed by atoms with Crippen LogP contribution in [-0.4, -0.2) is 35.1 Å². The predicted octanol–water partition coefficient (Wildman–Crippen LogP) is 4.51. The van der Waals surface area contributed by atoms with Crippen molar-refractivity contribution in [3.63, 3.8) is 0 Å². The monoisotopic (exact) mass is 522 g/mol. The van der Waals surface area contributed by atoms with Gasteiger partial charge in [0.25, 0.3) is 5.56 Å². The summed E-state index contributed by atoms with van der Waals surface area (Å²) in [6.45, 7) is 1.04. The lowest BCUT2D eigenvalue weighted by atomic mass is 10.0. The third kappa shape index (κ3) is 4.90. The van der Waals surface area contributed by atoms with Crippen LogP contribution >= 0.6 is 15.9 Å². The third-order valence-electron chi connectivity index (χ3n) is 5.41. The van der Waals surface area contributed by atoms with Crippen molar-refractivity contribution >= 4 is 32.7 Å². The predicted molar refractivity (Wildman–Crippen MR) is 118 cm³/mol. The van der Waals surface area contributed by atoms with Crippen molar-refractivity contribution < 1.29 is 22.6 Å². The Morgan fingerprint density at radius 3 is 2.36 bits per heavy atom. The number of piperidine rings is 1. The molecule has 1 aromatic carbocycles. The summed E-state index contributed by atoms with van der Waals surface area (Å²) in [6.07, 6.45) is -3.73. The number of pyridine rings is 2. The number of ether oxygens (including phenoxy) is 2. The topological polar surface area (TPSA) is 80.4 Å². The number of rotatable bonds is 4. The maximum Gasteiger partial charge on any atom is 0.573 e. The summed E-state index contributed by atoms with van der Waals surface area (Å²) >= 11 is 3.36. The molecule has 1 fully saturated rings. The average molecular weight is 523 g/mol. The molecule has 1 saturated heterocycles. The highest BCUT2D eigenvalue weighted by Gasteiger charge is 2.31. The first-order valence-electron chi connectivity index (χ1n) is 10.0. The van der Waals surface area contributed by atoms with Gasteiger partial charge in [0.1, 0.15) is 39.4 Å². The van der Waals surface area contributed by atoms with Crippen LogP contribution in [0.25, 0.3) is 11.0 Å². The van der Waals surface area contributed by atoms with E-state index in [4.69, 9.17) is 4.74 Å². The van der Waals surface area contributed by atoms with Gasteiger partial charge in [0.2, 0.25) is 0 Å². The Morgan fingerprint density at radius 1 is 1.12 bits per heavy atom. The number of nitrogens with zero attached hydrogens (tertiary/aromatic N) is 4. The van der Waals surface area contributed by atoms with E-state index in [9.17, 15) is 23.2 Å². The molecule has 0 unspecified atom stereocenters. The highest BCUT2D eigenvalue weighted by atomic mass is 79.9. The molecule has 4 rings (SSSR count). The molecule has 0 bridgehead atoms. The van der Waals surface area contributed by atoms with E-state index in [0.29, 0.717) is 53.0 Å². The van der Waals surface area contributed by atoms with Crippen LogP contribution in [0, 0.1) is 11.3 Å². The number of nitriles is 1. The van der Waals surface area contributed by atoms with Gasteiger partial charge < -0.3 is 18.9 Å². The quantitative estimate of drug-likeness (QED) is 0.469. The van der Waals surface area contributed by atoms with Gasteiger partial charge in [-0.1, -0.05) is 0 Å². The van der Waals surface area contributed by atoms with Crippen LogP contribution in [-0.2, 0) is 7.05 Å². The van der Waals surface area contributed by atoms with Crippen molar-refractivity contribution in [1.82, 2.24) is 9.55 Å². The Bertz CT molecular complexity index is 1280. The first-order chi connectivity index (χ1) is 15.7. The van der Waals surface area contributed by atoms with E-state index in [-0.39, 0.29) is 23.0 Å². The fraction of sp³-hybridized carbons (Fsp3) is 0.318. The molecule has 0 radical (unpaired) electrons. The zero-order valence-corrected chi connectivity index (χ0v) is 19.0. The van der Waals surface area contributed by atoms with E-state index in [0.717, 1.165) is 0 Å². The second-order valence-electron chi connectivity index (χ2n) is 7.52. The van der Waals surface area contributed by atoms with Crippen LogP contribution in [0.4, 0.5) is 18.9 Å². The summed E-state index contributed by atoms with van der Waals surface area (Å²) in [6, 6.07) is 10.8. The number of hydrogen-bond donors (Lipinski definition) is 0. The maximum absolute atomic E-state index is 12.8. The lowest BCUT2D eigenvalue weighted by Gasteiger charge is -2.34. The molecule has 0 N–H and O–H groups in total. The van der Waals surface area contributed by atoms with Gasteiger partial charge in [0.15, 0.2) is 0 Å². The molecule has 1 aliphatic heterocycles. The van der Waals surface area contributed by atoms with Crippen molar-refractivity contribution in [2.75, 3.05) is 18.0 Å². The second kappa shape index (κ2) is 8.94. The molecule has 11 heteroatoms. The Morgan fingerprint density at radius 2 is 1.76 bits per heavy atom. The first-order valence-corrected chi connectivity index (χ1v) is 10.8. The molecule has 172 valence electrons. The van der Waals surface area contributed by atoms with Gasteiger partial charge in [-0.25, -0.2) is 4.98 Å². The minimum absolute atomic E-state index is 0.0372. The van der Waals surface area contributed by atoms with Gasteiger partial charge in [-0.05, 0) is 52.3 Å². The molecule has 7 nitrogen and oxygen atoms in total. The van der Waals surface area contributed by atoms with E-state index >= 15 is 0 Å². The molecule has 0 amide bonds. The zero-order chi connectivity index (χ0) is 23.8. The number of hydrogen-bond acceptors (Lipinski definition) is 6. The average Bonchev–Trinajstić information content (AvgIpc) is 2.77. The van der Waals surface area contributed by atoms with Gasteiger partial charge in [-0.15, -0.1) is 13.2 Å². The summed E-state index contributed by atoms with van der Waals surface area (Å²) in [5.41, 5.74) is 1.34. The van der Waals surface area contributed by atoms with Crippen molar-refractivity contribution in [1.29, 1.82) is 5.26 Å². The van der Waals surface area contributed by atoms with E-state index in [2.05, 4.69) is 25.7 Å². The summed E-state index contributed by atoms with van der Waals surface area (Å²) in [7, 11) is 1.61. The number of aryl methyl sites for hydroxylation is 1. The van der Waals surface area contributed by atoms with Gasteiger partial charge >= 0.3 is 6.36 Å². The van der Waals surface area contributed by atoms with Crippen molar-refractivity contribution in [2.24, 2.45) is 7.05 Å². The lowest BCUT2D eigenvalue weighted by molar-refractivity contribution is -0.274. The van der Waals surface area contributed by atoms with E-state index in [1.165, 1.54) is 28.8 Å². The van der Waals surface area contributed by atoms with Gasteiger partial charge in [-0.3, -0.25) is 4.79 Å². The third-order valence-corrected chi connectivity index (χ3v) is 5.85. The maximum atomic E-state index is 12.8. The molecule has 3 heterocycles. The van der Waals surface area contributed by atoms with E-state index < -0.39 is 6.36 Å². The van der Waals surface area contributed by atoms with Gasteiger partial charge in [0, 0.05) is 33.0 Å². The molecular weight excluding hydrogens is 505 g/mol. The molecule has 0 saturated carbocycles. The van der Waals surface area contributed by atoms with Crippen molar-refractivity contribution in [2.45, 2.75) is 25.3 Å². The molecular formula is C22H18BrF3N4O3. The van der Waals surface area contributed by atoms with Crippen LogP contribution in [0.1, 0.15) is 18.4 Å². The summed E-state index contributed by atoms with van der Waals surface area (Å²) < 4.78 is 48.7. The summed E-state index contributed by atoms with van der Waals surface area (Å²) in [5, 5.41) is 9.69. The van der Waals surface area contributed by atoms with E-state index in [1.807, 2.05) is 11.0 Å². The van der Waals surface area contributed by atoms with Crippen LogP contribution in [0.3, 0.4) is 0 Å². The molecule has 0 atom stereocenters. The Hall–Kier alpha value is -3.26. The summed E-state index contributed by atoms with van der Waals surface area (Å²) in [4.78, 5) is 19.2. The second-order valence-corrected chi connectivity index (χ2v) is 8.34. The van der Waals surface area contributed by atoms with Gasteiger partial charge in [0.05, 0.1) is 11.2 Å². The highest BCUT2D eigenvalue weighted by Crippen LogP contribution is 2.32. The number of fused-ring (bicyclic) bond motifs is 1. The fourth-order valence-corrected chi connectivity index (χ4v) is 4.20. The fourth-order valence-electron chi connectivity index (χ4n) is 3.89. The highest BCUT2D eigenvalue weighted by molar-refractivity contribution is 9.10. The molecule has 33 heavy (non-hydrogen) atoms. The van der Waals surface area contributed by atoms with Crippen LogP contribution in [0.15, 0.2) is 45.8 Å². The molecule has 2 aromatic heterocycles. The number of aromatic nitrogens is 2. The molecule has 0 spiro atoms. The Kier molecular flexibility index (Phi) is 6.21. The minimum Gasteiger partial charge on any atom is -0.490 e. The lowest BCUT2D eigenvalue weighted by Crippen LogP contribution is -2.40. The van der Waals surface area contributed by atoms with Crippen LogP contribution < -0.4 is 19.9 Å². The Labute approximate surface area is 195 Å². The summed E-state index contributed by atoms with van der Waals surface area (Å²) in [5.74, 6) is 0.121. The van der Waals surface area contributed by atoms with Gasteiger partial charge in [-0.2, -0.15) is 5.26 Å². The van der Waals surface area contributed by atoms with Crippen LogP contribution in [0.2, 0.25) is 0 Å². The number of alkyl halides is 3. The largest absolute Gasteiger partial charge is 0.573 e. The SMILES string of the molecule is Cn1c(=O)c(C#N)c(N2CCC(Oc3ccc(OC(F)(F)F)cc3)CC2)c2nc(Br)ccc21. The van der Waals surface area contributed by atoms with E-state index in [1.54, 1.807) is 19.2 Å². The molecule has 1 aliphatic rings.